The average Bonchev–Trinajstić information content (AvgIpc) is 3.04. The molecule has 0 bridgehead atoms. The predicted octanol–water partition coefficient (Wildman–Crippen LogP) is 2.47. The van der Waals surface area contributed by atoms with Crippen molar-refractivity contribution in [1.29, 1.82) is 0 Å². The molecule has 0 saturated carbocycles. The molecule has 116 valence electrons. The summed E-state index contributed by atoms with van der Waals surface area (Å²) in [7, 11) is 1.62. The Morgan fingerprint density at radius 1 is 1.27 bits per heavy atom. The molecule has 1 aliphatic rings. The Hall–Kier alpha value is -2.37. The molecule has 0 spiro atoms. The van der Waals surface area contributed by atoms with Crippen molar-refractivity contribution in [3.8, 4) is 17.2 Å². The van der Waals surface area contributed by atoms with Crippen molar-refractivity contribution in [3.05, 3.63) is 30.2 Å². The third-order valence-corrected chi connectivity index (χ3v) is 4.07. The highest BCUT2D eigenvalue weighted by Crippen LogP contribution is 2.32. The fourth-order valence-corrected chi connectivity index (χ4v) is 2.77. The number of nitrogens with zero attached hydrogens (tertiary/aromatic N) is 3. The van der Waals surface area contributed by atoms with Crippen LogP contribution in [0.1, 0.15) is 31.6 Å². The summed E-state index contributed by atoms with van der Waals surface area (Å²) in [5.74, 6) is 2.17. The Morgan fingerprint density at radius 3 is 2.68 bits per heavy atom. The molecular weight excluding hydrogens is 282 g/mol. The van der Waals surface area contributed by atoms with Crippen LogP contribution in [0.5, 0.6) is 5.75 Å². The second kappa shape index (κ2) is 6.17. The van der Waals surface area contributed by atoms with Gasteiger partial charge in [-0.15, -0.1) is 10.2 Å². The highest BCUT2D eigenvalue weighted by Gasteiger charge is 2.26. The van der Waals surface area contributed by atoms with Crippen molar-refractivity contribution in [1.82, 2.24) is 15.1 Å². The topological polar surface area (TPSA) is 68.5 Å². The Balaban J connectivity index is 1.76. The summed E-state index contributed by atoms with van der Waals surface area (Å²) < 4.78 is 11.2. The number of aromatic nitrogens is 2. The second-order valence-corrected chi connectivity index (χ2v) is 5.43. The standard InChI is InChI=1S/C16H19N3O3/c1-11(20)19-9-7-12(8-10-19)15-17-18-16(22-15)13-5-3-4-6-14(13)21-2/h3-6,12H,7-10H2,1-2H3. The van der Waals surface area contributed by atoms with E-state index in [1.54, 1.807) is 14.0 Å². The van der Waals surface area contributed by atoms with Crippen LogP contribution in [0.25, 0.3) is 11.5 Å². The first kappa shape index (κ1) is 14.6. The molecule has 6 heteroatoms. The Bertz CT molecular complexity index is 660. The van der Waals surface area contributed by atoms with E-state index in [2.05, 4.69) is 10.2 Å². The fourth-order valence-electron chi connectivity index (χ4n) is 2.77. The normalized spacial score (nSPS) is 15.8. The molecule has 3 rings (SSSR count). The summed E-state index contributed by atoms with van der Waals surface area (Å²) in [5, 5.41) is 8.33. The Morgan fingerprint density at radius 2 is 2.00 bits per heavy atom. The van der Waals surface area contributed by atoms with Gasteiger partial charge in [-0.3, -0.25) is 4.79 Å². The molecule has 0 unspecified atom stereocenters. The molecule has 6 nitrogen and oxygen atoms in total. The summed E-state index contributed by atoms with van der Waals surface area (Å²) in [5.41, 5.74) is 0.796. The van der Waals surface area contributed by atoms with Gasteiger partial charge in [0.15, 0.2) is 0 Å². The molecule has 1 aromatic heterocycles. The van der Waals surface area contributed by atoms with Crippen molar-refractivity contribution in [2.45, 2.75) is 25.7 Å². The maximum absolute atomic E-state index is 11.4. The van der Waals surface area contributed by atoms with Crippen LogP contribution in [-0.2, 0) is 4.79 Å². The molecule has 0 N–H and O–H groups in total. The first-order valence-electron chi connectivity index (χ1n) is 7.41. The van der Waals surface area contributed by atoms with Crippen molar-refractivity contribution in [3.63, 3.8) is 0 Å². The summed E-state index contributed by atoms with van der Waals surface area (Å²) in [6.07, 6.45) is 1.71. The number of likely N-dealkylation sites (tertiary alicyclic amines) is 1. The lowest BCUT2D eigenvalue weighted by molar-refractivity contribution is -0.129. The van der Waals surface area contributed by atoms with Crippen molar-refractivity contribution in [2.24, 2.45) is 0 Å². The molecule has 1 aromatic carbocycles. The number of ether oxygens (including phenoxy) is 1. The molecule has 22 heavy (non-hydrogen) atoms. The fraction of sp³-hybridized carbons (Fsp3) is 0.438. The van der Waals surface area contributed by atoms with E-state index >= 15 is 0 Å². The summed E-state index contributed by atoms with van der Waals surface area (Å²) in [6.45, 7) is 3.09. The number of piperidine rings is 1. The van der Waals surface area contributed by atoms with Gasteiger partial charge in [0.25, 0.3) is 5.89 Å². The SMILES string of the molecule is COc1ccccc1-c1nnc(C2CCN(C(C)=O)CC2)o1. The molecule has 2 aromatic rings. The highest BCUT2D eigenvalue weighted by atomic mass is 16.5. The molecule has 2 heterocycles. The number of para-hydroxylation sites is 1. The number of carbonyl (C=O) groups excluding carboxylic acids is 1. The van der Waals surface area contributed by atoms with Gasteiger partial charge in [0.2, 0.25) is 11.8 Å². The number of amides is 1. The molecule has 1 fully saturated rings. The maximum Gasteiger partial charge on any atom is 0.251 e. The van der Waals surface area contributed by atoms with E-state index in [9.17, 15) is 4.79 Å². The van der Waals surface area contributed by atoms with Crippen molar-refractivity contribution >= 4 is 5.91 Å². The van der Waals surface area contributed by atoms with Crippen molar-refractivity contribution in [2.75, 3.05) is 20.2 Å². The third-order valence-electron chi connectivity index (χ3n) is 4.07. The largest absolute Gasteiger partial charge is 0.496 e. The first-order chi connectivity index (χ1) is 10.7. The number of carbonyl (C=O) groups is 1. The Kier molecular flexibility index (Phi) is 4.09. The van der Waals surface area contributed by atoms with Crippen LogP contribution in [0, 0.1) is 0 Å². The molecule has 1 saturated heterocycles. The van der Waals surface area contributed by atoms with Crippen molar-refractivity contribution < 1.29 is 13.9 Å². The average molecular weight is 301 g/mol. The predicted molar refractivity (Wildman–Crippen MR) is 80.5 cm³/mol. The minimum atomic E-state index is 0.124. The van der Waals surface area contributed by atoms with E-state index in [1.807, 2.05) is 29.2 Å². The molecular formula is C16H19N3O3. The van der Waals surface area contributed by atoms with E-state index in [0.717, 1.165) is 31.5 Å². The van der Waals surface area contributed by atoms with E-state index in [1.165, 1.54) is 0 Å². The summed E-state index contributed by atoms with van der Waals surface area (Å²) in [4.78, 5) is 13.2. The Labute approximate surface area is 129 Å². The van der Waals surface area contributed by atoms with Crippen LogP contribution in [0.2, 0.25) is 0 Å². The molecule has 0 aliphatic carbocycles. The van der Waals surface area contributed by atoms with Gasteiger partial charge in [0, 0.05) is 25.9 Å². The highest BCUT2D eigenvalue weighted by molar-refractivity contribution is 5.73. The van der Waals surface area contributed by atoms with E-state index in [0.29, 0.717) is 17.5 Å². The van der Waals surface area contributed by atoms with Gasteiger partial charge >= 0.3 is 0 Å². The van der Waals surface area contributed by atoms with Crippen LogP contribution in [0.4, 0.5) is 0 Å². The number of benzene rings is 1. The lowest BCUT2D eigenvalue weighted by Crippen LogP contribution is -2.36. The van der Waals surface area contributed by atoms with Crippen LogP contribution in [0.15, 0.2) is 28.7 Å². The van der Waals surface area contributed by atoms with Gasteiger partial charge in [-0.25, -0.2) is 0 Å². The summed E-state index contributed by atoms with van der Waals surface area (Å²) >= 11 is 0. The number of rotatable bonds is 3. The lowest BCUT2D eigenvalue weighted by atomic mass is 9.97. The monoisotopic (exact) mass is 301 g/mol. The number of methoxy groups -OCH3 is 1. The van der Waals surface area contributed by atoms with Crippen LogP contribution >= 0.6 is 0 Å². The minimum Gasteiger partial charge on any atom is -0.496 e. The third kappa shape index (κ3) is 2.81. The quantitative estimate of drug-likeness (QED) is 0.871. The van der Waals surface area contributed by atoms with Crippen LogP contribution in [0.3, 0.4) is 0 Å². The zero-order chi connectivity index (χ0) is 15.5. The van der Waals surface area contributed by atoms with Crippen LogP contribution < -0.4 is 4.74 Å². The van der Waals surface area contributed by atoms with Gasteiger partial charge in [-0.1, -0.05) is 12.1 Å². The maximum atomic E-state index is 11.4. The lowest BCUT2D eigenvalue weighted by Gasteiger charge is -2.29. The number of hydrogen-bond acceptors (Lipinski definition) is 5. The van der Waals surface area contributed by atoms with Gasteiger partial charge < -0.3 is 14.1 Å². The molecule has 1 aliphatic heterocycles. The molecule has 0 atom stereocenters. The summed E-state index contributed by atoms with van der Waals surface area (Å²) in [6, 6.07) is 7.57. The van der Waals surface area contributed by atoms with E-state index < -0.39 is 0 Å². The van der Waals surface area contributed by atoms with Gasteiger partial charge in [0.05, 0.1) is 12.7 Å². The zero-order valence-electron chi connectivity index (χ0n) is 12.8. The van der Waals surface area contributed by atoms with E-state index in [-0.39, 0.29) is 11.8 Å². The van der Waals surface area contributed by atoms with Gasteiger partial charge in [-0.05, 0) is 25.0 Å². The van der Waals surface area contributed by atoms with Gasteiger partial charge in [-0.2, -0.15) is 0 Å². The second-order valence-electron chi connectivity index (χ2n) is 5.43. The zero-order valence-corrected chi connectivity index (χ0v) is 12.8. The molecule has 1 amide bonds. The van der Waals surface area contributed by atoms with Gasteiger partial charge in [0.1, 0.15) is 5.75 Å². The minimum absolute atomic E-state index is 0.124. The number of hydrogen-bond donors (Lipinski definition) is 0. The first-order valence-corrected chi connectivity index (χ1v) is 7.41. The van der Waals surface area contributed by atoms with Crippen LogP contribution in [-0.4, -0.2) is 41.2 Å². The smallest absolute Gasteiger partial charge is 0.251 e. The van der Waals surface area contributed by atoms with E-state index in [4.69, 9.17) is 9.15 Å². The molecule has 0 radical (unpaired) electrons.